The summed E-state index contributed by atoms with van der Waals surface area (Å²) < 4.78 is 44.6. The van der Waals surface area contributed by atoms with Crippen LogP contribution in [0.4, 0.5) is 24.5 Å². The minimum atomic E-state index is -4.51. The molecule has 0 bridgehead atoms. The zero-order valence-electron chi connectivity index (χ0n) is 19.3. The minimum Gasteiger partial charge on any atom is -0.381 e. The van der Waals surface area contributed by atoms with E-state index in [1.165, 1.54) is 18.3 Å². The van der Waals surface area contributed by atoms with Gasteiger partial charge >= 0.3 is 6.18 Å². The van der Waals surface area contributed by atoms with Crippen LogP contribution in [0.25, 0.3) is 0 Å². The van der Waals surface area contributed by atoms with Gasteiger partial charge in [0, 0.05) is 29.9 Å². The van der Waals surface area contributed by atoms with Crippen molar-refractivity contribution < 1.29 is 27.5 Å². The Morgan fingerprint density at radius 3 is 2.46 bits per heavy atom. The van der Waals surface area contributed by atoms with Crippen LogP contribution in [0, 0.1) is 5.92 Å². The molecule has 0 radical (unpaired) electrons. The number of halogens is 4. The van der Waals surface area contributed by atoms with Gasteiger partial charge in [0.25, 0.3) is 11.5 Å². The molecule has 2 amide bonds. The number of ether oxygens (including phenoxy) is 1. The van der Waals surface area contributed by atoms with E-state index in [0.717, 1.165) is 24.1 Å². The zero-order chi connectivity index (χ0) is 27.0. The van der Waals surface area contributed by atoms with Gasteiger partial charge in [-0.05, 0) is 42.3 Å². The first-order valence-corrected chi connectivity index (χ1v) is 11.3. The minimum absolute atomic E-state index is 0.0200. The van der Waals surface area contributed by atoms with E-state index in [2.05, 4.69) is 20.8 Å². The topological polar surface area (TPSA) is 139 Å². The van der Waals surface area contributed by atoms with Crippen LogP contribution in [0.5, 0.6) is 0 Å². The number of H-pyrrole nitrogens is 1. The predicted molar refractivity (Wildman–Crippen MR) is 130 cm³/mol. The van der Waals surface area contributed by atoms with Crippen molar-refractivity contribution in [1.29, 1.82) is 0 Å². The summed E-state index contributed by atoms with van der Waals surface area (Å²) in [5, 5.41) is 11.1. The maximum atomic E-state index is 13.2. The Labute approximate surface area is 214 Å². The van der Waals surface area contributed by atoms with Crippen molar-refractivity contribution in [2.45, 2.75) is 19.1 Å². The molecule has 5 N–H and O–H groups in total. The standard InChI is InChI=1S/C19H18ClF3N2O2.C5H5N3O2/c20-14-3-6-17(16(9-14)19(21,22)23)25-15-4-1-12(2-5-15)10-24-18(26)13-7-8-27-11-13;6-5(10)3-1-4(9)8-7-2-3/h1-6,9,13,25H,7-8,10-11H2,(H,24,26);1-2H,(H2,6,10)(H,8,9). The molecule has 1 unspecified atom stereocenters. The third-order valence-electron chi connectivity index (χ3n) is 5.24. The molecule has 196 valence electrons. The van der Waals surface area contributed by atoms with Gasteiger partial charge in [0.1, 0.15) is 0 Å². The van der Waals surface area contributed by atoms with Crippen molar-refractivity contribution in [2.24, 2.45) is 11.7 Å². The number of nitrogens with one attached hydrogen (secondary N) is 3. The van der Waals surface area contributed by atoms with Crippen LogP contribution in [-0.2, 0) is 22.3 Å². The number of nitrogens with two attached hydrogens (primary N) is 1. The van der Waals surface area contributed by atoms with Crippen molar-refractivity contribution in [3.05, 3.63) is 86.8 Å². The van der Waals surface area contributed by atoms with E-state index in [9.17, 15) is 27.6 Å². The first kappa shape index (κ1) is 27.7. The molecule has 1 aliphatic rings. The number of hydrogen-bond donors (Lipinski definition) is 4. The van der Waals surface area contributed by atoms with Crippen LogP contribution >= 0.6 is 11.6 Å². The summed E-state index contributed by atoms with van der Waals surface area (Å²) in [5.41, 5.74) is 4.98. The number of carbonyl (C=O) groups is 2. The van der Waals surface area contributed by atoms with E-state index in [4.69, 9.17) is 22.1 Å². The maximum absolute atomic E-state index is 13.2. The van der Waals surface area contributed by atoms with Gasteiger partial charge < -0.3 is 21.1 Å². The molecule has 4 rings (SSSR count). The fourth-order valence-corrected chi connectivity index (χ4v) is 3.48. The number of aromatic nitrogens is 2. The molecule has 2 heterocycles. The van der Waals surface area contributed by atoms with Crippen LogP contribution in [0.3, 0.4) is 0 Å². The Balaban J connectivity index is 0.000000319. The van der Waals surface area contributed by atoms with Crippen LogP contribution in [-0.4, -0.2) is 35.2 Å². The second-order valence-electron chi connectivity index (χ2n) is 7.99. The number of primary amides is 1. The van der Waals surface area contributed by atoms with Crippen LogP contribution in [0.2, 0.25) is 5.02 Å². The quantitative estimate of drug-likeness (QED) is 0.379. The smallest absolute Gasteiger partial charge is 0.381 e. The molecule has 9 nitrogen and oxygen atoms in total. The Morgan fingerprint density at radius 2 is 1.89 bits per heavy atom. The number of anilines is 2. The maximum Gasteiger partial charge on any atom is 0.418 e. The van der Waals surface area contributed by atoms with Gasteiger partial charge in [-0.1, -0.05) is 23.7 Å². The molecule has 1 atom stereocenters. The predicted octanol–water partition coefficient (Wildman–Crippen LogP) is 3.62. The summed E-state index contributed by atoms with van der Waals surface area (Å²) in [6, 6.07) is 11.5. The van der Waals surface area contributed by atoms with E-state index < -0.39 is 23.2 Å². The molecule has 1 aromatic heterocycles. The van der Waals surface area contributed by atoms with Crippen LogP contribution in [0.1, 0.15) is 27.9 Å². The highest BCUT2D eigenvalue weighted by molar-refractivity contribution is 6.30. The normalized spacial score (nSPS) is 14.9. The van der Waals surface area contributed by atoms with E-state index in [1.807, 2.05) is 0 Å². The lowest BCUT2D eigenvalue weighted by Gasteiger charge is -2.15. The molecule has 13 heteroatoms. The molecule has 1 aliphatic heterocycles. The first-order chi connectivity index (χ1) is 17.5. The largest absolute Gasteiger partial charge is 0.418 e. The zero-order valence-corrected chi connectivity index (χ0v) is 20.0. The number of rotatable bonds is 6. The third kappa shape index (κ3) is 8.33. The Bertz CT molecular complexity index is 1290. The summed E-state index contributed by atoms with van der Waals surface area (Å²) in [6.45, 7) is 1.39. The fourth-order valence-electron chi connectivity index (χ4n) is 3.31. The summed E-state index contributed by atoms with van der Waals surface area (Å²) in [6.07, 6.45) is -2.59. The van der Waals surface area contributed by atoms with Gasteiger partial charge in [0.15, 0.2) is 0 Å². The lowest BCUT2D eigenvalue weighted by molar-refractivity contribution is -0.137. The number of hydrogen-bond acceptors (Lipinski definition) is 6. The van der Waals surface area contributed by atoms with Crippen molar-refractivity contribution in [1.82, 2.24) is 15.5 Å². The molecule has 2 aromatic carbocycles. The Morgan fingerprint density at radius 1 is 1.16 bits per heavy atom. The molecular formula is C24H23ClF3N5O4. The molecule has 3 aromatic rings. The highest BCUT2D eigenvalue weighted by Gasteiger charge is 2.33. The number of carbonyl (C=O) groups excluding carboxylic acids is 2. The number of amides is 2. The number of alkyl halides is 3. The second-order valence-corrected chi connectivity index (χ2v) is 8.42. The lowest BCUT2D eigenvalue weighted by atomic mass is 10.1. The van der Waals surface area contributed by atoms with E-state index in [-0.39, 0.29) is 28.1 Å². The van der Waals surface area contributed by atoms with E-state index in [0.29, 0.717) is 25.4 Å². The van der Waals surface area contributed by atoms with E-state index in [1.54, 1.807) is 24.3 Å². The highest BCUT2D eigenvalue weighted by atomic mass is 35.5. The second kappa shape index (κ2) is 12.4. The average Bonchev–Trinajstić information content (AvgIpc) is 3.39. The summed E-state index contributed by atoms with van der Waals surface area (Å²) in [5.74, 6) is -0.819. The van der Waals surface area contributed by atoms with Crippen molar-refractivity contribution in [2.75, 3.05) is 18.5 Å². The van der Waals surface area contributed by atoms with Crippen LogP contribution in [0.15, 0.2) is 59.5 Å². The molecule has 0 aliphatic carbocycles. The monoisotopic (exact) mass is 537 g/mol. The van der Waals surface area contributed by atoms with E-state index >= 15 is 0 Å². The Hall–Kier alpha value is -3.90. The molecular weight excluding hydrogens is 515 g/mol. The summed E-state index contributed by atoms with van der Waals surface area (Å²) in [4.78, 5) is 32.8. The molecule has 0 spiro atoms. The lowest BCUT2D eigenvalue weighted by Crippen LogP contribution is -2.30. The first-order valence-electron chi connectivity index (χ1n) is 11.0. The molecule has 37 heavy (non-hydrogen) atoms. The molecule has 0 saturated carbocycles. The van der Waals surface area contributed by atoms with Gasteiger partial charge in [-0.2, -0.15) is 18.3 Å². The van der Waals surface area contributed by atoms with Crippen molar-refractivity contribution in [3.8, 4) is 0 Å². The number of benzene rings is 2. The van der Waals surface area contributed by atoms with Crippen molar-refractivity contribution >= 4 is 34.8 Å². The van der Waals surface area contributed by atoms with Gasteiger partial charge in [-0.15, -0.1) is 0 Å². The molecule has 1 fully saturated rings. The fraction of sp³-hybridized carbons (Fsp3) is 0.250. The number of nitrogens with zero attached hydrogens (tertiary/aromatic N) is 1. The molecule has 1 saturated heterocycles. The van der Waals surface area contributed by atoms with Gasteiger partial charge in [0.05, 0.1) is 35.5 Å². The van der Waals surface area contributed by atoms with Gasteiger partial charge in [-0.25, -0.2) is 5.10 Å². The summed E-state index contributed by atoms with van der Waals surface area (Å²) >= 11 is 5.68. The average molecular weight is 538 g/mol. The third-order valence-corrected chi connectivity index (χ3v) is 5.47. The van der Waals surface area contributed by atoms with Crippen molar-refractivity contribution in [3.63, 3.8) is 0 Å². The van der Waals surface area contributed by atoms with Crippen LogP contribution < -0.4 is 21.9 Å². The number of aromatic amines is 1. The summed E-state index contributed by atoms with van der Waals surface area (Å²) in [7, 11) is 0. The highest BCUT2D eigenvalue weighted by Crippen LogP contribution is 2.37. The SMILES string of the molecule is NC(=O)c1cn[nH]c(=O)c1.O=C(NCc1ccc(Nc2ccc(Cl)cc2C(F)(F)F)cc1)C1CCOC1. The Kier molecular flexibility index (Phi) is 9.25. The van der Waals surface area contributed by atoms with Gasteiger partial charge in [0.2, 0.25) is 5.91 Å². The van der Waals surface area contributed by atoms with Gasteiger partial charge in [-0.3, -0.25) is 14.4 Å².